The molecule has 0 spiro atoms. The van der Waals surface area contributed by atoms with Gasteiger partial charge in [0.1, 0.15) is 5.75 Å². The number of fused-ring (bicyclic) bond motifs is 1. The predicted molar refractivity (Wildman–Crippen MR) is 93.3 cm³/mol. The Morgan fingerprint density at radius 1 is 1.19 bits per heavy atom. The van der Waals surface area contributed by atoms with Crippen LogP contribution in [0.25, 0.3) is 0 Å². The fraction of sp³-hybridized carbons (Fsp3) is 0.278. The fourth-order valence-corrected chi connectivity index (χ4v) is 4.45. The Labute approximate surface area is 154 Å². The Morgan fingerprint density at radius 2 is 1.85 bits per heavy atom. The maximum absolute atomic E-state index is 13.0. The zero-order valence-electron chi connectivity index (χ0n) is 14.4. The molecule has 1 heterocycles. The minimum atomic E-state index is -4.65. The maximum atomic E-state index is 13.0. The molecule has 0 N–H and O–H groups in total. The van der Waals surface area contributed by atoms with Gasteiger partial charge in [-0.2, -0.15) is 13.2 Å². The second-order valence-electron chi connectivity index (χ2n) is 6.34. The summed E-state index contributed by atoms with van der Waals surface area (Å²) in [5, 5.41) is 0. The molecule has 0 radical (unpaired) electrons. The summed E-state index contributed by atoms with van der Waals surface area (Å²) in [4.78, 5) is 12.3. The number of nitrogens with zero attached hydrogens (tertiary/aromatic N) is 1. The van der Waals surface area contributed by atoms with Gasteiger partial charge < -0.3 is 4.74 Å². The van der Waals surface area contributed by atoms with Crippen LogP contribution in [-0.4, -0.2) is 26.7 Å². The number of halogens is 3. The summed E-state index contributed by atoms with van der Waals surface area (Å²) in [7, 11) is -3.48. The van der Waals surface area contributed by atoms with Crippen molar-refractivity contribution in [2.45, 2.75) is 25.6 Å². The van der Waals surface area contributed by atoms with E-state index < -0.39 is 33.5 Å². The fourth-order valence-electron chi connectivity index (χ4n) is 3.18. The Kier molecular flexibility index (Phi) is 4.67. The van der Waals surface area contributed by atoms with Crippen molar-refractivity contribution in [1.82, 2.24) is 0 Å². The molecule has 0 aromatic heterocycles. The molecule has 2 aromatic carbocycles. The molecule has 144 valence electrons. The lowest BCUT2D eigenvalue weighted by Crippen LogP contribution is -2.34. The van der Waals surface area contributed by atoms with E-state index in [4.69, 9.17) is 4.74 Å². The third-order valence-corrected chi connectivity index (χ3v) is 5.49. The van der Waals surface area contributed by atoms with Gasteiger partial charge in [0, 0.05) is 6.04 Å². The van der Waals surface area contributed by atoms with E-state index in [1.54, 1.807) is 6.92 Å². The first kappa shape index (κ1) is 19.2. The Bertz CT molecular complexity index is 1000. The molecule has 3 rings (SSSR count). The van der Waals surface area contributed by atoms with Gasteiger partial charge in [-0.15, -0.1) is 0 Å². The molecule has 1 aliphatic rings. The zero-order chi connectivity index (χ0) is 20.0. The summed E-state index contributed by atoms with van der Waals surface area (Å²) >= 11 is 0. The SMILES string of the molecule is CC1Cc2cc(C(=O)Oc3ccccc3C(F)(F)F)ccc2N1S(C)(=O)=O. The molecule has 0 saturated carbocycles. The van der Waals surface area contributed by atoms with Crippen molar-refractivity contribution >= 4 is 21.7 Å². The second-order valence-corrected chi connectivity index (χ2v) is 8.20. The van der Waals surface area contributed by atoms with Crippen LogP contribution < -0.4 is 9.04 Å². The summed E-state index contributed by atoms with van der Waals surface area (Å²) < 4.78 is 69.1. The number of ether oxygens (including phenoxy) is 1. The molecule has 1 atom stereocenters. The summed E-state index contributed by atoms with van der Waals surface area (Å²) in [6.45, 7) is 1.73. The molecule has 0 bridgehead atoms. The van der Waals surface area contributed by atoms with Gasteiger partial charge in [-0.25, -0.2) is 13.2 Å². The van der Waals surface area contributed by atoms with Crippen LogP contribution in [-0.2, 0) is 22.6 Å². The predicted octanol–water partition coefficient (Wildman–Crippen LogP) is 3.64. The Hall–Kier alpha value is -2.55. The highest BCUT2D eigenvalue weighted by molar-refractivity contribution is 7.92. The number of benzene rings is 2. The van der Waals surface area contributed by atoms with Crippen molar-refractivity contribution in [2.75, 3.05) is 10.6 Å². The normalized spacial score (nSPS) is 16.9. The van der Waals surface area contributed by atoms with Crippen LogP contribution in [0.1, 0.15) is 28.4 Å². The first-order valence-corrected chi connectivity index (χ1v) is 9.84. The van der Waals surface area contributed by atoms with E-state index in [-0.39, 0.29) is 11.6 Å². The number of hydrogen-bond acceptors (Lipinski definition) is 4. The highest BCUT2D eigenvalue weighted by atomic mass is 32.2. The second kappa shape index (κ2) is 6.56. The number of anilines is 1. The van der Waals surface area contributed by atoms with Crippen LogP contribution in [0.15, 0.2) is 42.5 Å². The van der Waals surface area contributed by atoms with Crippen LogP contribution in [0.4, 0.5) is 18.9 Å². The number of para-hydroxylation sites is 1. The maximum Gasteiger partial charge on any atom is 0.419 e. The Morgan fingerprint density at radius 3 is 2.48 bits per heavy atom. The van der Waals surface area contributed by atoms with Crippen LogP contribution in [0, 0.1) is 0 Å². The van der Waals surface area contributed by atoms with Gasteiger partial charge in [-0.3, -0.25) is 4.31 Å². The molecule has 9 heteroatoms. The van der Waals surface area contributed by atoms with Crippen molar-refractivity contribution in [3.63, 3.8) is 0 Å². The van der Waals surface area contributed by atoms with E-state index >= 15 is 0 Å². The highest BCUT2D eigenvalue weighted by Crippen LogP contribution is 2.37. The van der Waals surface area contributed by atoms with Gasteiger partial charge in [-0.05, 0) is 49.2 Å². The largest absolute Gasteiger partial charge is 0.422 e. The van der Waals surface area contributed by atoms with Crippen LogP contribution >= 0.6 is 0 Å². The van der Waals surface area contributed by atoms with Crippen molar-refractivity contribution in [3.05, 3.63) is 59.2 Å². The third kappa shape index (κ3) is 3.78. The lowest BCUT2D eigenvalue weighted by molar-refractivity contribution is -0.138. The van der Waals surface area contributed by atoms with Gasteiger partial charge in [-0.1, -0.05) is 12.1 Å². The molecule has 1 aliphatic heterocycles. The number of alkyl halides is 3. The molecule has 5 nitrogen and oxygen atoms in total. The number of carbonyl (C=O) groups excluding carboxylic acids is 1. The number of rotatable bonds is 3. The minimum Gasteiger partial charge on any atom is -0.422 e. The third-order valence-electron chi connectivity index (χ3n) is 4.22. The Balaban J connectivity index is 1.90. The standard InChI is InChI=1S/C18H16F3NO4S/c1-11-9-13-10-12(7-8-15(13)22(11)27(2,24)25)17(23)26-16-6-4-3-5-14(16)18(19,20)21/h3-8,10-11H,9H2,1-2H3. The van der Waals surface area contributed by atoms with Gasteiger partial charge in [0.2, 0.25) is 10.0 Å². The van der Waals surface area contributed by atoms with Crippen molar-refractivity contribution in [2.24, 2.45) is 0 Å². The molecule has 0 amide bonds. The van der Waals surface area contributed by atoms with Gasteiger partial charge in [0.25, 0.3) is 0 Å². The van der Waals surface area contributed by atoms with Crippen LogP contribution in [0.5, 0.6) is 5.75 Å². The summed E-state index contributed by atoms with van der Waals surface area (Å²) in [6.07, 6.45) is -3.17. The average molecular weight is 399 g/mol. The smallest absolute Gasteiger partial charge is 0.419 e. The van der Waals surface area contributed by atoms with Crippen molar-refractivity contribution < 1.29 is 31.1 Å². The highest BCUT2D eigenvalue weighted by Gasteiger charge is 2.35. The first-order valence-electron chi connectivity index (χ1n) is 7.99. The van der Waals surface area contributed by atoms with Crippen LogP contribution in [0.3, 0.4) is 0 Å². The van der Waals surface area contributed by atoms with E-state index in [0.29, 0.717) is 17.7 Å². The van der Waals surface area contributed by atoms with E-state index in [1.165, 1.54) is 34.6 Å². The van der Waals surface area contributed by atoms with Gasteiger partial charge in [0.05, 0.1) is 23.1 Å². The van der Waals surface area contributed by atoms with Gasteiger partial charge >= 0.3 is 12.1 Å². The van der Waals surface area contributed by atoms with Gasteiger partial charge in [0.15, 0.2) is 0 Å². The quantitative estimate of drug-likeness (QED) is 0.584. The zero-order valence-corrected chi connectivity index (χ0v) is 15.3. The number of esters is 1. The summed E-state index contributed by atoms with van der Waals surface area (Å²) in [5.74, 6) is -1.53. The lowest BCUT2D eigenvalue weighted by Gasteiger charge is -2.21. The number of carbonyl (C=O) groups is 1. The monoisotopic (exact) mass is 399 g/mol. The number of sulfonamides is 1. The van der Waals surface area contributed by atoms with Crippen LogP contribution in [0.2, 0.25) is 0 Å². The molecular formula is C18H16F3NO4S. The first-order chi connectivity index (χ1) is 12.5. The molecule has 0 saturated heterocycles. The minimum absolute atomic E-state index is 0.0493. The average Bonchev–Trinajstić information content (AvgIpc) is 2.89. The van der Waals surface area contributed by atoms with Crippen molar-refractivity contribution in [3.8, 4) is 5.75 Å². The molecule has 0 aliphatic carbocycles. The van der Waals surface area contributed by atoms with E-state index in [2.05, 4.69) is 0 Å². The molecule has 1 unspecified atom stereocenters. The molecular weight excluding hydrogens is 383 g/mol. The number of hydrogen-bond donors (Lipinski definition) is 0. The van der Waals surface area contributed by atoms with E-state index in [0.717, 1.165) is 18.4 Å². The molecule has 27 heavy (non-hydrogen) atoms. The summed E-state index contributed by atoms with van der Waals surface area (Å²) in [6, 6.07) is 8.39. The lowest BCUT2D eigenvalue weighted by atomic mass is 10.1. The topological polar surface area (TPSA) is 63.7 Å². The van der Waals surface area contributed by atoms with Crippen molar-refractivity contribution in [1.29, 1.82) is 0 Å². The van der Waals surface area contributed by atoms with E-state index in [9.17, 15) is 26.4 Å². The summed E-state index contributed by atoms with van der Waals surface area (Å²) in [5.41, 5.74) is 0.0772. The molecule has 2 aromatic rings. The van der Waals surface area contributed by atoms with E-state index in [1.807, 2.05) is 0 Å². The molecule has 0 fully saturated rings.